The SMILES string of the molecule is CC(=O)Nc1ccc(S(=O)(=O)NCCCN2C(=O)C(=O)C(C(=O)NCc3ccc(F)cc3)N=C2C(C)(C)C)cc1. The highest BCUT2D eigenvalue weighted by atomic mass is 32.2. The molecule has 0 saturated heterocycles. The zero-order valence-electron chi connectivity index (χ0n) is 22.7. The van der Waals surface area contributed by atoms with E-state index in [1.165, 1.54) is 60.4 Å². The summed E-state index contributed by atoms with van der Waals surface area (Å²) in [6.07, 6.45) is 0.165. The second-order valence-corrected chi connectivity index (χ2v) is 12.0. The number of hydrogen-bond acceptors (Lipinski definition) is 7. The molecule has 3 amide bonds. The molecule has 0 radical (unpaired) electrons. The molecule has 1 aliphatic heterocycles. The van der Waals surface area contributed by atoms with Gasteiger partial charge in [-0.25, -0.2) is 22.5 Å². The second kappa shape index (κ2) is 12.5. The average molecular weight is 574 g/mol. The quantitative estimate of drug-likeness (QED) is 0.224. The molecular weight excluding hydrogens is 541 g/mol. The predicted octanol–water partition coefficient (Wildman–Crippen LogP) is 1.99. The number of sulfonamides is 1. The molecule has 1 aliphatic rings. The lowest BCUT2D eigenvalue weighted by molar-refractivity contribution is -0.146. The first-order chi connectivity index (χ1) is 18.7. The van der Waals surface area contributed by atoms with Gasteiger partial charge in [-0.2, -0.15) is 0 Å². The van der Waals surface area contributed by atoms with Gasteiger partial charge < -0.3 is 10.6 Å². The van der Waals surface area contributed by atoms with Crippen molar-refractivity contribution < 1.29 is 32.0 Å². The highest BCUT2D eigenvalue weighted by molar-refractivity contribution is 7.89. The summed E-state index contributed by atoms with van der Waals surface area (Å²) in [5, 5.41) is 5.12. The number of aliphatic imine (C=N–C) groups is 1. The molecule has 40 heavy (non-hydrogen) atoms. The van der Waals surface area contributed by atoms with E-state index in [9.17, 15) is 32.0 Å². The topological polar surface area (TPSA) is 154 Å². The third-order valence-corrected chi connectivity index (χ3v) is 7.32. The van der Waals surface area contributed by atoms with Gasteiger partial charge in [-0.15, -0.1) is 0 Å². The van der Waals surface area contributed by atoms with Crippen molar-refractivity contribution in [3.8, 4) is 0 Å². The number of amides is 3. The molecule has 13 heteroatoms. The van der Waals surface area contributed by atoms with Crippen LogP contribution in [0.5, 0.6) is 0 Å². The van der Waals surface area contributed by atoms with Crippen LogP contribution in [0, 0.1) is 11.2 Å². The number of ketones is 1. The Kier molecular flexibility index (Phi) is 9.53. The summed E-state index contributed by atoms with van der Waals surface area (Å²) in [6.45, 7) is 6.67. The largest absolute Gasteiger partial charge is 0.350 e. The van der Waals surface area contributed by atoms with Crippen molar-refractivity contribution in [3.05, 3.63) is 59.9 Å². The van der Waals surface area contributed by atoms with E-state index in [2.05, 4.69) is 20.3 Å². The molecule has 0 aliphatic carbocycles. The molecule has 11 nitrogen and oxygen atoms in total. The molecule has 1 heterocycles. The molecule has 0 fully saturated rings. The van der Waals surface area contributed by atoms with Gasteiger partial charge in [0.05, 0.1) is 4.90 Å². The second-order valence-electron chi connectivity index (χ2n) is 10.2. The normalized spacial score (nSPS) is 16.0. The minimum atomic E-state index is -3.86. The highest BCUT2D eigenvalue weighted by Crippen LogP contribution is 2.24. The number of carbonyl (C=O) groups is 4. The summed E-state index contributed by atoms with van der Waals surface area (Å²) in [7, 11) is -3.86. The van der Waals surface area contributed by atoms with Crippen LogP contribution < -0.4 is 15.4 Å². The fourth-order valence-corrected chi connectivity index (χ4v) is 4.99. The van der Waals surface area contributed by atoms with Crippen molar-refractivity contribution in [1.82, 2.24) is 14.9 Å². The van der Waals surface area contributed by atoms with E-state index >= 15 is 0 Å². The van der Waals surface area contributed by atoms with Crippen LogP contribution in [0.1, 0.15) is 39.7 Å². The number of Topliss-reactive ketones (excluding diaryl/α,β-unsaturated/α-hetero) is 1. The summed E-state index contributed by atoms with van der Waals surface area (Å²) in [6, 6.07) is 9.55. The van der Waals surface area contributed by atoms with Gasteiger partial charge in [0, 0.05) is 37.7 Å². The number of rotatable bonds is 10. The summed E-state index contributed by atoms with van der Waals surface area (Å²) in [4.78, 5) is 55.3. The van der Waals surface area contributed by atoms with Crippen molar-refractivity contribution in [1.29, 1.82) is 0 Å². The third-order valence-electron chi connectivity index (χ3n) is 5.85. The standard InChI is InChI=1S/C27H32FN5O6S/c1-17(34)31-20-10-12-21(13-11-20)40(38,39)30-14-5-15-33-25(37)23(35)22(32-26(33)27(2,3)4)24(36)29-16-18-6-8-19(28)9-7-18/h6-13,22,30H,5,14-16H2,1-4H3,(H,29,36)(H,31,34). The van der Waals surface area contributed by atoms with E-state index in [4.69, 9.17) is 0 Å². The van der Waals surface area contributed by atoms with E-state index in [0.717, 1.165) is 0 Å². The molecule has 0 bridgehead atoms. The maximum Gasteiger partial charge on any atom is 0.298 e. The number of nitrogens with one attached hydrogen (secondary N) is 3. The molecule has 0 saturated carbocycles. The van der Waals surface area contributed by atoms with Gasteiger partial charge >= 0.3 is 0 Å². The van der Waals surface area contributed by atoms with E-state index < -0.39 is 44.9 Å². The molecule has 2 aromatic rings. The Labute approximate surface area is 232 Å². The molecule has 1 atom stereocenters. The maximum absolute atomic E-state index is 13.1. The number of anilines is 1. The smallest absolute Gasteiger partial charge is 0.298 e. The number of nitrogens with zero attached hydrogens (tertiary/aromatic N) is 2. The number of benzene rings is 2. The van der Waals surface area contributed by atoms with E-state index in [1.54, 1.807) is 20.8 Å². The number of amidine groups is 1. The van der Waals surface area contributed by atoms with Crippen LogP contribution in [0.3, 0.4) is 0 Å². The van der Waals surface area contributed by atoms with Gasteiger partial charge in [-0.1, -0.05) is 32.9 Å². The minimum absolute atomic E-state index is 0.00253. The van der Waals surface area contributed by atoms with Crippen molar-refractivity contribution >= 4 is 45.1 Å². The predicted molar refractivity (Wildman–Crippen MR) is 146 cm³/mol. The minimum Gasteiger partial charge on any atom is -0.350 e. The number of hydrogen-bond donors (Lipinski definition) is 3. The van der Waals surface area contributed by atoms with E-state index in [1.807, 2.05) is 0 Å². The van der Waals surface area contributed by atoms with Crippen LogP contribution in [0.15, 0.2) is 58.4 Å². The summed E-state index contributed by atoms with van der Waals surface area (Å²) < 4.78 is 40.8. The average Bonchev–Trinajstić information content (AvgIpc) is 2.87. The van der Waals surface area contributed by atoms with Gasteiger partial charge in [0.2, 0.25) is 15.9 Å². The fraction of sp³-hybridized carbons (Fsp3) is 0.370. The van der Waals surface area contributed by atoms with Gasteiger partial charge in [0.1, 0.15) is 11.7 Å². The molecule has 0 spiro atoms. The zero-order valence-corrected chi connectivity index (χ0v) is 23.5. The molecule has 0 aromatic heterocycles. The summed E-state index contributed by atoms with van der Waals surface area (Å²) >= 11 is 0. The lowest BCUT2D eigenvalue weighted by atomic mass is 9.91. The van der Waals surface area contributed by atoms with E-state index in [-0.39, 0.29) is 42.7 Å². The molecular formula is C27H32FN5O6S. The molecule has 3 rings (SSSR count). The van der Waals surface area contributed by atoms with Crippen molar-refractivity contribution in [3.63, 3.8) is 0 Å². The summed E-state index contributed by atoms with van der Waals surface area (Å²) in [5.74, 6) is -3.12. The first-order valence-corrected chi connectivity index (χ1v) is 14.0. The molecule has 2 aromatic carbocycles. The fourth-order valence-electron chi connectivity index (χ4n) is 3.92. The molecule has 214 valence electrons. The van der Waals surface area contributed by atoms with Crippen LogP contribution in [-0.2, 0) is 35.7 Å². The van der Waals surface area contributed by atoms with Crippen LogP contribution in [0.2, 0.25) is 0 Å². The number of halogens is 1. The molecule has 1 unspecified atom stereocenters. The Morgan fingerprint density at radius 1 is 1.02 bits per heavy atom. The van der Waals surface area contributed by atoms with Crippen molar-refractivity contribution in [2.24, 2.45) is 10.4 Å². The first kappa shape index (κ1) is 30.6. The van der Waals surface area contributed by atoms with Crippen molar-refractivity contribution in [2.75, 3.05) is 18.4 Å². The Bertz CT molecular complexity index is 1420. The lowest BCUT2D eigenvalue weighted by Gasteiger charge is -2.36. The Morgan fingerprint density at radius 2 is 1.65 bits per heavy atom. The van der Waals surface area contributed by atoms with Crippen LogP contribution in [-0.4, -0.2) is 61.8 Å². The third kappa shape index (κ3) is 7.79. The Morgan fingerprint density at radius 3 is 2.23 bits per heavy atom. The van der Waals surface area contributed by atoms with Gasteiger partial charge in [0.25, 0.3) is 17.6 Å². The van der Waals surface area contributed by atoms with Crippen LogP contribution in [0.4, 0.5) is 10.1 Å². The maximum atomic E-state index is 13.1. The van der Waals surface area contributed by atoms with Gasteiger partial charge in [-0.05, 0) is 48.4 Å². The van der Waals surface area contributed by atoms with Crippen LogP contribution in [0.25, 0.3) is 0 Å². The van der Waals surface area contributed by atoms with Crippen molar-refractivity contribution in [2.45, 2.75) is 51.6 Å². The van der Waals surface area contributed by atoms with E-state index in [0.29, 0.717) is 11.3 Å². The Balaban J connectivity index is 1.65. The monoisotopic (exact) mass is 573 g/mol. The first-order valence-electron chi connectivity index (χ1n) is 12.5. The molecule has 3 N–H and O–H groups in total. The lowest BCUT2D eigenvalue weighted by Crippen LogP contribution is -2.57. The highest BCUT2D eigenvalue weighted by Gasteiger charge is 2.43. The van der Waals surface area contributed by atoms with Crippen LogP contribution >= 0.6 is 0 Å². The Hall–Kier alpha value is -3.97. The van der Waals surface area contributed by atoms with Gasteiger partial charge in [0.15, 0.2) is 6.04 Å². The zero-order chi connectivity index (χ0) is 29.7. The summed E-state index contributed by atoms with van der Waals surface area (Å²) in [5.41, 5.74) is 0.356. The number of carbonyl (C=O) groups excluding carboxylic acids is 4. The van der Waals surface area contributed by atoms with Gasteiger partial charge in [-0.3, -0.25) is 24.1 Å².